The number of halogens is 1. The van der Waals surface area contributed by atoms with Crippen LogP contribution < -0.4 is 10.2 Å². The average Bonchev–Trinajstić information content (AvgIpc) is 2.96. The van der Waals surface area contributed by atoms with Crippen LogP contribution in [0.4, 0.5) is 15.8 Å². The first-order valence-corrected chi connectivity index (χ1v) is 9.21. The number of aryl methyl sites for hydroxylation is 1. The number of carbonyl (C=O) groups excluding carboxylic acids is 2. The van der Waals surface area contributed by atoms with Gasteiger partial charge < -0.3 is 10.2 Å². The molecule has 0 aliphatic carbocycles. The Kier molecular flexibility index (Phi) is 5.77. The molecule has 3 aromatic rings. The van der Waals surface area contributed by atoms with Gasteiger partial charge in [-0.15, -0.1) is 0 Å². The number of hydrogen-bond donors (Lipinski definition) is 1. The molecule has 2 aromatic carbocycles. The average molecular weight is 394 g/mol. The summed E-state index contributed by atoms with van der Waals surface area (Å²) in [7, 11) is 1.69. The maximum absolute atomic E-state index is 13.2. The topological polar surface area (TPSA) is 67.2 Å². The zero-order chi connectivity index (χ0) is 21.1. The molecule has 0 spiro atoms. The van der Waals surface area contributed by atoms with Gasteiger partial charge in [0, 0.05) is 36.6 Å². The summed E-state index contributed by atoms with van der Waals surface area (Å²) in [6, 6.07) is 13.1. The number of benzene rings is 2. The smallest absolute Gasteiger partial charge is 0.228 e. The lowest BCUT2D eigenvalue weighted by Gasteiger charge is -2.15. The molecule has 3 rings (SSSR count). The molecular weight excluding hydrogens is 371 g/mol. The van der Waals surface area contributed by atoms with Gasteiger partial charge in [-0.25, -0.2) is 9.07 Å². The van der Waals surface area contributed by atoms with Crippen molar-refractivity contribution in [2.75, 3.05) is 17.3 Å². The molecule has 1 aromatic heterocycles. The number of anilines is 2. The quantitative estimate of drug-likeness (QED) is 0.716. The summed E-state index contributed by atoms with van der Waals surface area (Å²) >= 11 is 0. The standard InChI is InChI=1S/C22H23FN4O2/c1-14-21(15(2)27(25-14)20-9-5-17(23)6-10-20)13-22(29)24-18-7-11-19(12-8-18)26(4)16(3)28/h5-12H,13H2,1-4H3,(H,24,29). The fraction of sp³-hybridized carbons (Fsp3) is 0.227. The van der Waals surface area contributed by atoms with Gasteiger partial charge in [0.2, 0.25) is 11.8 Å². The summed E-state index contributed by atoms with van der Waals surface area (Å²) < 4.78 is 14.9. The van der Waals surface area contributed by atoms with Crippen molar-refractivity contribution in [3.8, 4) is 5.69 Å². The molecule has 0 saturated heterocycles. The van der Waals surface area contributed by atoms with Gasteiger partial charge in [0.15, 0.2) is 0 Å². The maximum Gasteiger partial charge on any atom is 0.228 e. The van der Waals surface area contributed by atoms with Crippen molar-refractivity contribution in [3.05, 3.63) is 71.3 Å². The molecule has 0 bridgehead atoms. The molecule has 0 aliphatic heterocycles. The SMILES string of the molecule is CC(=O)N(C)c1ccc(NC(=O)Cc2c(C)nn(-c3ccc(F)cc3)c2C)cc1. The predicted octanol–water partition coefficient (Wildman–Crippen LogP) is 3.79. The number of hydrogen-bond acceptors (Lipinski definition) is 3. The molecular formula is C22H23FN4O2. The Morgan fingerprint density at radius 1 is 1.07 bits per heavy atom. The number of amides is 2. The second-order valence-corrected chi connectivity index (χ2v) is 6.89. The Bertz CT molecular complexity index is 1040. The van der Waals surface area contributed by atoms with Crippen molar-refractivity contribution < 1.29 is 14.0 Å². The zero-order valence-corrected chi connectivity index (χ0v) is 16.9. The fourth-order valence-electron chi connectivity index (χ4n) is 3.08. The molecule has 0 atom stereocenters. The summed E-state index contributed by atoms with van der Waals surface area (Å²) in [5, 5.41) is 7.36. The van der Waals surface area contributed by atoms with Gasteiger partial charge in [-0.3, -0.25) is 9.59 Å². The van der Waals surface area contributed by atoms with Crippen LogP contribution in [0.5, 0.6) is 0 Å². The van der Waals surface area contributed by atoms with Crippen LogP contribution in [-0.2, 0) is 16.0 Å². The summed E-state index contributed by atoms with van der Waals surface area (Å²) in [6.45, 7) is 5.23. The molecule has 0 unspecified atom stereocenters. The fourth-order valence-corrected chi connectivity index (χ4v) is 3.08. The highest BCUT2D eigenvalue weighted by Crippen LogP contribution is 2.20. The first-order chi connectivity index (χ1) is 13.8. The molecule has 0 radical (unpaired) electrons. The van der Waals surface area contributed by atoms with Crippen LogP contribution in [-0.4, -0.2) is 28.6 Å². The van der Waals surface area contributed by atoms with Crippen LogP contribution in [0, 0.1) is 19.7 Å². The maximum atomic E-state index is 13.2. The molecule has 1 heterocycles. The van der Waals surface area contributed by atoms with E-state index < -0.39 is 0 Å². The highest BCUT2D eigenvalue weighted by Gasteiger charge is 2.16. The number of nitrogens with zero attached hydrogens (tertiary/aromatic N) is 3. The van der Waals surface area contributed by atoms with Gasteiger partial charge in [0.05, 0.1) is 17.8 Å². The largest absolute Gasteiger partial charge is 0.326 e. The van der Waals surface area contributed by atoms with Crippen LogP contribution in [0.3, 0.4) is 0 Å². The second-order valence-electron chi connectivity index (χ2n) is 6.89. The summed E-state index contributed by atoms with van der Waals surface area (Å²) in [4.78, 5) is 25.5. The molecule has 29 heavy (non-hydrogen) atoms. The summed E-state index contributed by atoms with van der Waals surface area (Å²) in [6.07, 6.45) is 0.175. The summed E-state index contributed by atoms with van der Waals surface area (Å²) in [5.74, 6) is -0.538. The minimum atomic E-state index is -0.310. The van der Waals surface area contributed by atoms with Crippen LogP contribution in [0.1, 0.15) is 23.9 Å². The van der Waals surface area contributed by atoms with E-state index in [-0.39, 0.29) is 24.1 Å². The van der Waals surface area contributed by atoms with Gasteiger partial charge in [-0.05, 0) is 62.4 Å². The Morgan fingerprint density at radius 2 is 1.69 bits per heavy atom. The number of carbonyl (C=O) groups is 2. The molecule has 2 amide bonds. The third-order valence-electron chi connectivity index (χ3n) is 4.86. The monoisotopic (exact) mass is 394 g/mol. The molecule has 7 heteroatoms. The van der Waals surface area contributed by atoms with E-state index in [0.717, 1.165) is 28.3 Å². The third-order valence-corrected chi connectivity index (χ3v) is 4.86. The lowest BCUT2D eigenvalue weighted by atomic mass is 10.1. The van der Waals surface area contributed by atoms with Crippen molar-refractivity contribution >= 4 is 23.2 Å². The molecule has 150 valence electrons. The molecule has 0 aliphatic rings. The van der Waals surface area contributed by atoms with E-state index in [1.165, 1.54) is 24.0 Å². The predicted molar refractivity (Wildman–Crippen MR) is 111 cm³/mol. The first-order valence-electron chi connectivity index (χ1n) is 9.21. The van der Waals surface area contributed by atoms with Crippen molar-refractivity contribution in [1.29, 1.82) is 0 Å². The minimum absolute atomic E-state index is 0.0640. The van der Waals surface area contributed by atoms with Crippen LogP contribution in [0.15, 0.2) is 48.5 Å². The highest BCUT2D eigenvalue weighted by atomic mass is 19.1. The lowest BCUT2D eigenvalue weighted by molar-refractivity contribution is -0.116. The Balaban J connectivity index is 1.72. The normalized spacial score (nSPS) is 10.7. The van der Waals surface area contributed by atoms with Gasteiger partial charge in [-0.2, -0.15) is 5.10 Å². The number of aromatic nitrogens is 2. The Labute approximate surface area is 169 Å². The lowest BCUT2D eigenvalue weighted by Crippen LogP contribution is -2.22. The van der Waals surface area contributed by atoms with Crippen molar-refractivity contribution in [3.63, 3.8) is 0 Å². The van der Waals surface area contributed by atoms with Crippen LogP contribution in [0.25, 0.3) is 5.69 Å². The Hall–Kier alpha value is -3.48. The van der Waals surface area contributed by atoms with Crippen molar-refractivity contribution in [2.24, 2.45) is 0 Å². The first kappa shape index (κ1) is 20.3. The van der Waals surface area contributed by atoms with Crippen LogP contribution in [0.2, 0.25) is 0 Å². The van der Waals surface area contributed by atoms with E-state index in [1.54, 1.807) is 48.1 Å². The zero-order valence-electron chi connectivity index (χ0n) is 16.9. The highest BCUT2D eigenvalue weighted by molar-refractivity contribution is 5.94. The number of nitrogens with one attached hydrogen (secondary N) is 1. The molecule has 1 N–H and O–H groups in total. The number of rotatable bonds is 5. The third kappa shape index (κ3) is 4.51. The second kappa shape index (κ2) is 8.26. The summed E-state index contributed by atoms with van der Waals surface area (Å²) in [5.41, 5.74) is 4.56. The van der Waals surface area contributed by atoms with Crippen molar-refractivity contribution in [2.45, 2.75) is 27.2 Å². The van der Waals surface area contributed by atoms with E-state index in [2.05, 4.69) is 10.4 Å². The van der Waals surface area contributed by atoms with E-state index in [1.807, 2.05) is 13.8 Å². The van der Waals surface area contributed by atoms with Gasteiger partial charge >= 0.3 is 0 Å². The van der Waals surface area contributed by atoms with E-state index in [4.69, 9.17) is 0 Å². The molecule has 6 nitrogen and oxygen atoms in total. The van der Waals surface area contributed by atoms with E-state index in [0.29, 0.717) is 5.69 Å². The van der Waals surface area contributed by atoms with E-state index >= 15 is 0 Å². The molecule has 0 fully saturated rings. The van der Waals surface area contributed by atoms with Gasteiger partial charge in [0.1, 0.15) is 5.82 Å². The van der Waals surface area contributed by atoms with Gasteiger partial charge in [-0.1, -0.05) is 0 Å². The van der Waals surface area contributed by atoms with Gasteiger partial charge in [0.25, 0.3) is 0 Å². The van der Waals surface area contributed by atoms with Crippen molar-refractivity contribution in [1.82, 2.24) is 9.78 Å². The minimum Gasteiger partial charge on any atom is -0.326 e. The van der Waals surface area contributed by atoms with Crippen LogP contribution >= 0.6 is 0 Å². The Morgan fingerprint density at radius 3 is 2.28 bits per heavy atom. The van der Waals surface area contributed by atoms with E-state index in [9.17, 15) is 14.0 Å². The molecule has 0 saturated carbocycles.